The molecule has 1 heterocycles. The lowest BCUT2D eigenvalue weighted by Crippen LogP contribution is -2.30. The Hall–Kier alpha value is -2.30. The number of carbonyl (C=O) groups is 1. The van der Waals surface area contributed by atoms with Crippen molar-refractivity contribution in [3.63, 3.8) is 0 Å². The summed E-state index contributed by atoms with van der Waals surface area (Å²) in [5, 5.41) is 4.73. The number of ether oxygens (including phenoxy) is 1. The summed E-state index contributed by atoms with van der Waals surface area (Å²) in [6, 6.07) is 17.2. The first-order chi connectivity index (χ1) is 12.7. The smallest absolute Gasteiger partial charge is 0.319 e. The molecule has 0 fully saturated rings. The largest absolute Gasteiger partial charge is 0.465 e. The minimum absolute atomic E-state index is 0. The molecule has 0 amide bonds. The van der Waals surface area contributed by atoms with Gasteiger partial charge in [0.05, 0.1) is 18.8 Å². The maximum atomic E-state index is 11.7. The monoisotopic (exact) mass is 384 g/mol. The maximum absolute atomic E-state index is 11.7. The van der Waals surface area contributed by atoms with Crippen molar-refractivity contribution >= 4 is 29.3 Å². The normalized spacial score (nSPS) is 15.4. The van der Waals surface area contributed by atoms with E-state index in [1.54, 1.807) is 0 Å². The number of nitrogens with zero attached hydrogens (tertiary/aromatic N) is 1. The molecule has 142 valence electrons. The van der Waals surface area contributed by atoms with Crippen molar-refractivity contribution in [3.05, 3.63) is 59.7 Å². The molecule has 1 aliphatic rings. The predicted molar refractivity (Wildman–Crippen MR) is 111 cm³/mol. The van der Waals surface area contributed by atoms with Crippen molar-refractivity contribution in [1.82, 2.24) is 9.88 Å². The molecule has 0 saturated carbocycles. The van der Waals surface area contributed by atoms with E-state index in [9.17, 15) is 4.79 Å². The molecule has 0 aliphatic heterocycles. The molecule has 0 bridgehead atoms. The van der Waals surface area contributed by atoms with Gasteiger partial charge in [0, 0.05) is 24.0 Å². The fourth-order valence-electron chi connectivity index (χ4n) is 4.18. The molecule has 1 atom stereocenters. The third kappa shape index (κ3) is 3.47. The molecular formula is C22H25ClN2O2. The zero-order valence-corrected chi connectivity index (χ0v) is 16.5. The zero-order chi connectivity index (χ0) is 18.1. The molecule has 1 unspecified atom stereocenters. The second-order valence-electron chi connectivity index (χ2n) is 6.77. The van der Waals surface area contributed by atoms with Gasteiger partial charge < -0.3 is 14.6 Å². The minimum atomic E-state index is -0.191. The molecule has 5 heteroatoms. The first-order valence-electron chi connectivity index (χ1n) is 9.25. The Morgan fingerprint density at radius 1 is 1.19 bits per heavy atom. The minimum Gasteiger partial charge on any atom is -0.465 e. The van der Waals surface area contributed by atoms with Crippen molar-refractivity contribution in [2.75, 3.05) is 13.2 Å². The van der Waals surface area contributed by atoms with Gasteiger partial charge in [0.15, 0.2) is 0 Å². The van der Waals surface area contributed by atoms with Crippen molar-refractivity contribution < 1.29 is 9.53 Å². The third-order valence-electron chi connectivity index (χ3n) is 5.26. The van der Waals surface area contributed by atoms with Gasteiger partial charge in [0.1, 0.15) is 0 Å². The van der Waals surface area contributed by atoms with Crippen LogP contribution in [0.2, 0.25) is 0 Å². The summed E-state index contributed by atoms with van der Waals surface area (Å²) >= 11 is 0. The van der Waals surface area contributed by atoms with Crippen LogP contribution >= 0.6 is 12.4 Å². The SMILES string of the molecule is CCOC(=O)CNC1CCc2c(-c3ccccc3)n(C)c3cccc1c23.Cl. The van der Waals surface area contributed by atoms with Crippen LogP contribution in [0.3, 0.4) is 0 Å². The van der Waals surface area contributed by atoms with Gasteiger partial charge in [0.25, 0.3) is 0 Å². The fourth-order valence-corrected chi connectivity index (χ4v) is 4.18. The Morgan fingerprint density at radius 3 is 2.70 bits per heavy atom. The number of esters is 1. The molecule has 1 N–H and O–H groups in total. The van der Waals surface area contributed by atoms with Crippen molar-refractivity contribution in [1.29, 1.82) is 0 Å². The number of carbonyl (C=O) groups excluding carboxylic acids is 1. The Morgan fingerprint density at radius 2 is 1.96 bits per heavy atom. The van der Waals surface area contributed by atoms with Crippen molar-refractivity contribution in [2.45, 2.75) is 25.8 Å². The number of aryl methyl sites for hydroxylation is 2. The Bertz CT molecular complexity index is 950. The van der Waals surface area contributed by atoms with Gasteiger partial charge in [-0.15, -0.1) is 12.4 Å². The highest BCUT2D eigenvalue weighted by Crippen LogP contribution is 2.42. The molecular weight excluding hydrogens is 360 g/mol. The lowest BCUT2D eigenvalue weighted by molar-refractivity contribution is -0.142. The fraction of sp³-hybridized carbons (Fsp3) is 0.318. The molecule has 4 rings (SSSR count). The van der Waals surface area contributed by atoms with Crippen LogP contribution in [-0.2, 0) is 23.0 Å². The third-order valence-corrected chi connectivity index (χ3v) is 5.26. The molecule has 3 aromatic rings. The average molecular weight is 385 g/mol. The molecule has 0 radical (unpaired) electrons. The van der Waals surface area contributed by atoms with E-state index >= 15 is 0 Å². The predicted octanol–water partition coefficient (Wildman–Crippen LogP) is 4.41. The van der Waals surface area contributed by atoms with Gasteiger partial charge in [-0.2, -0.15) is 0 Å². The van der Waals surface area contributed by atoms with Crippen LogP contribution in [-0.4, -0.2) is 23.7 Å². The van der Waals surface area contributed by atoms with E-state index in [1.165, 1.54) is 33.3 Å². The maximum Gasteiger partial charge on any atom is 0.319 e. The summed E-state index contributed by atoms with van der Waals surface area (Å²) in [6.07, 6.45) is 1.98. The number of aromatic nitrogens is 1. The molecule has 2 aromatic carbocycles. The molecule has 0 spiro atoms. The van der Waals surface area contributed by atoms with E-state index in [-0.39, 0.29) is 31.0 Å². The highest BCUT2D eigenvalue weighted by atomic mass is 35.5. The van der Waals surface area contributed by atoms with Gasteiger partial charge in [-0.1, -0.05) is 42.5 Å². The zero-order valence-electron chi connectivity index (χ0n) is 15.7. The molecule has 1 aliphatic carbocycles. The van der Waals surface area contributed by atoms with Crippen LogP contribution in [0.15, 0.2) is 48.5 Å². The summed E-state index contributed by atoms with van der Waals surface area (Å²) < 4.78 is 7.35. The molecule has 27 heavy (non-hydrogen) atoms. The lowest BCUT2D eigenvalue weighted by Gasteiger charge is -2.24. The quantitative estimate of drug-likeness (QED) is 0.663. The van der Waals surface area contributed by atoms with Crippen LogP contribution in [0.1, 0.15) is 30.5 Å². The second kappa shape index (κ2) is 8.15. The number of halogens is 1. The summed E-state index contributed by atoms with van der Waals surface area (Å²) in [5.74, 6) is -0.191. The Balaban J connectivity index is 0.00000210. The standard InChI is InChI=1S/C22H24N2O2.ClH/c1-3-26-20(25)14-23-18-13-12-17-21-16(18)10-7-11-19(21)24(2)22(17)15-8-5-4-6-9-15;/h4-11,18,23H,3,12-14H2,1-2H3;1H. The highest BCUT2D eigenvalue weighted by Gasteiger charge is 2.27. The summed E-state index contributed by atoms with van der Waals surface area (Å²) in [4.78, 5) is 11.7. The molecule has 0 saturated heterocycles. The van der Waals surface area contributed by atoms with Crippen LogP contribution in [0.5, 0.6) is 0 Å². The molecule has 4 nitrogen and oxygen atoms in total. The number of hydrogen-bond donors (Lipinski definition) is 1. The topological polar surface area (TPSA) is 43.3 Å². The highest BCUT2D eigenvalue weighted by molar-refractivity contribution is 5.95. The van der Waals surface area contributed by atoms with Gasteiger partial charge in [-0.05, 0) is 42.5 Å². The van der Waals surface area contributed by atoms with Crippen LogP contribution in [0.25, 0.3) is 22.2 Å². The number of hydrogen-bond acceptors (Lipinski definition) is 3. The Labute approximate surface area is 165 Å². The summed E-state index contributed by atoms with van der Waals surface area (Å²) in [5.41, 5.74) is 6.50. The first kappa shape index (κ1) is 19.5. The van der Waals surface area contributed by atoms with E-state index in [4.69, 9.17) is 4.74 Å². The van der Waals surface area contributed by atoms with Crippen LogP contribution in [0, 0.1) is 0 Å². The van der Waals surface area contributed by atoms with E-state index in [2.05, 4.69) is 65.5 Å². The van der Waals surface area contributed by atoms with Crippen molar-refractivity contribution in [3.8, 4) is 11.3 Å². The van der Waals surface area contributed by atoms with Gasteiger partial charge >= 0.3 is 5.97 Å². The van der Waals surface area contributed by atoms with E-state index in [0.29, 0.717) is 6.61 Å². The van der Waals surface area contributed by atoms with E-state index < -0.39 is 0 Å². The van der Waals surface area contributed by atoms with Gasteiger partial charge in [-0.3, -0.25) is 4.79 Å². The van der Waals surface area contributed by atoms with Gasteiger partial charge in [-0.25, -0.2) is 0 Å². The second-order valence-corrected chi connectivity index (χ2v) is 6.77. The van der Waals surface area contributed by atoms with Crippen LogP contribution in [0.4, 0.5) is 0 Å². The van der Waals surface area contributed by atoms with Gasteiger partial charge in [0.2, 0.25) is 0 Å². The van der Waals surface area contributed by atoms with Crippen LogP contribution < -0.4 is 5.32 Å². The molecule has 1 aromatic heterocycles. The lowest BCUT2D eigenvalue weighted by atomic mass is 9.87. The first-order valence-corrected chi connectivity index (χ1v) is 9.25. The van der Waals surface area contributed by atoms with E-state index in [0.717, 1.165) is 12.8 Å². The van der Waals surface area contributed by atoms with E-state index in [1.807, 2.05) is 6.92 Å². The van der Waals surface area contributed by atoms with Crippen molar-refractivity contribution in [2.24, 2.45) is 7.05 Å². The summed E-state index contributed by atoms with van der Waals surface area (Å²) in [7, 11) is 2.14. The average Bonchev–Trinajstić information content (AvgIpc) is 2.96. The number of rotatable bonds is 5. The summed E-state index contributed by atoms with van der Waals surface area (Å²) in [6.45, 7) is 2.51. The number of benzene rings is 2. The Kier molecular flexibility index (Phi) is 5.88. The number of nitrogens with one attached hydrogen (secondary N) is 1.